The molecule has 12 amide bonds. The monoisotopic (exact) mass is 1470 g/mol. The van der Waals surface area contributed by atoms with Gasteiger partial charge in [0.25, 0.3) is 23.7 Å². The lowest BCUT2D eigenvalue weighted by Crippen LogP contribution is -2.47. The Kier molecular flexibility index (Phi) is 28.3. The molecule has 5 aliphatic rings. The van der Waals surface area contributed by atoms with Gasteiger partial charge in [0.05, 0.1) is 56.1 Å². The number of imide groups is 3. The number of benzene rings is 3. The molecule has 2 saturated carbocycles. The number of urea groups is 3. The Hall–Kier alpha value is -10.2. The Morgan fingerprint density at radius 2 is 0.990 bits per heavy atom. The zero-order chi connectivity index (χ0) is 76.4. The van der Waals surface area contributed by atoms with Gasteiger partial charge in [-0.25, -0.2) is 48.3 Å². The summed E-state index contributed by atoms with van der Waals surface area (Å²) in [7, 11) is 4.18. The zero-order valence-corrected chi connectivity index (χ0v) is 61.0. The second-order valence-corrected chi connectivity index (χ2v) is 26.1. The van der Waals surface area contributed by atoms with Crippen molar-refractivity contribution in [1.29, 1.82) is 0 Å². The van der Waals surface area contributed by atoms with Crippen LogP contribution in [0.25, 0.3) is 0 Å². The topological polar surface area (TPSA) is 370 Å². The number of hydrogen-bond donors (Lipinski definition) is 3. The van der Waals surface area contributed by atoms with Crippen LogP contribution in [0.1, 0.15) is 134 Å². The van der Waals surface area contributed by atoms with Gasteiger partial charge >= 0.3 is 60.3 Å². The minimum absolute atomic E-state index is 0.0209. The number of amides is 12. The number of esters is 4. The number of aryl methyl sites for hydroxylation is 3. The molecule has 8 rings (SSSR count). The third-order valence-corrected chi connectivity index (χ3v) is 19.3. The molecule has 4 unspecified atom stereocenters. The fraction of sp³-hybridized carbons (Fsp3) is 0.548. The lowest BCUT2D eigenvalue weighted by atomic mass is 9.75. The predicted octanol–water partition coefficient (Wildman–Crippen LogP) is 9.93. The number of nitrogens with zero attached hydrogens (tertiary/aromatic N) is 6. The standard InChI is InChI=1S/C73H95N9O23/c1-12-60(83)102-33-34-103-68(91)76-54-36-49(24-17-43(54)5)75-69(92)105-46(8)42-104-67(90)74-50-25-18-44(6)55(37-50)81-65(88)58(40-62(85)100-14-3)78(71(81)94)51-27-20-47(21-28-51)35-48-22-29-52(30-23-48)79-59(41-63(86)101-15-4)66(89)82(72(79)95)56-38-53(26-19-45(56)7)80-64(87)57(39-61(84)99-13-2)77(70(80)93)32-16-31-73(96-9,97-10)98-11/h12,17-19,24-26,36-38,46-48,51-52,57-59H,1,13-16,20-23,27-35,39-42H2,2-11H3,(H,74,90)(H,75,92)(H,76,91). The van der Waals surface area contributed by atoms with Gasteiger partial charge in [-0.3, -0.25) is 44.7 Å². The van der Waals surface area contributed by atoms with Crippen LogP contribution in [0.15, 0.2) is 67.3 Å². The van der Waals surface area contributed by atoms with Crippen LogP contribution < -0.4 is 30.7 Å². The maximum Gasteiger partial charge on any atom is 0.412 e. The SMILES string of the molecule is C=CC(=O)OCCOC(=O)Nc1cc(NC(=O)OC(C)COC(=O)Nc2ccc(C)c(N3C(=O)C(CC(=O)OCC)N(C4CCC(CC5CCC(N6C(=O)N(c7cc(N8C(=O)C(CC(=O)OCC)N(CCCC(OC)(OC)OC)C8=O)ccc7C)C(=O)C6CC(=O)OCC)CC5)CC4)C3=O)c2)ccc1C. The van der Waals surface area contributed by atoms with E-state index in [1.54, 1.807) is 71.9 Å². The molecule has 0 aromatic heterocycles. The van der Waals surface area contributed by atoms with E-state index >= 15 is 0 Å². The van der Waals surface area contributed by atoms with Crippen molar-refractivity contribution in [1.82, 2.24) is 14.7 Å². The van der Waals surface area contributed by atoms with E-state index in [0.29, 0.717) is 73.7 Å². The summed E-state index contributed by atoms with van der Waals surface area (Å²) in [6, 6.07) is 7.13. The van der Waals surface area contributed by atoms with Crippen molar-refractivity contribution in [3.05, 3.63) is 83.9 Å². The van der Waals surface area contributed by atoms with E-state index in [0.717, 1.165) is 27.2 Å². The highest BCUT2D eigenvalue weighted by atomic mass is 16.9. The minimum Gasteiger partial charge on any atom is -0.466 e. The van der Waals surface area contributed by atoms with Crippen molar-refractivity contribution in [2.75, 3.05) is 98.2 Å². The smallest absolute Gasteiger partial charge is 0.412 e. The van der Waals surface area contributed by atoms with Crippen LogP contribution in [0.5, 0.6) is 0 Å². The molecule has 3 saturated heterocycles. The van der Waals surface area contributed by atoms with Crippen molar-refractivity contribution in [3.8, 4) is 0 Å². The number of carbonyl (C=O) groups is 13. The molecular weight excluding hydrogens is 1370 g/mol. The van der Waals surface area contributed by atoms with Crippen LogP contribution in [0.4, 0.5) is 62.9 Å². The summed E-state index contributed by atoms with van der Waals surface area (Å²) in [6.07, 6.45) is 2.08. The van der Waals surface area contributed by atoms with E-state index in [1.165, 1.54) is 67.2 Å². The van der Waals surface area contributed by atoms with Gasteiger partial charge < -0.3 is 62.1 Å². The predicted molar refractivity (Wildman–Crippen MR) is 377 cm³/mol. The van der Waals surface area contributed by atoms with E-state index in [1.807, 2.05) is 0 Å². The molecule has 3 aromatic rings. The van der Waals surface area contributed by atoms with E-state index in [9.17, 15) is 62.3 Å². The first-order valence-electron chi connectivity index (χ1n) is 35.3. The number of hydrogen-bond acceptors (Lipinski definition) is 23. The molecule has 32 nitrogen and oxygen atoms in total. The van der Waals surface area contributed by atoms with E-state index in [-0.39, 0.29) is 99.3 Å². The first-order chi connectivity index (χ1) is 50.2. The molecule has 3 heterocycles. The largest absolute Gasteiger partial charge is 0.466 e. The van der Waals surface area contributed by atoms with Gasteiger partial charge in [0.1, 0.15) is 44.1 Å². The summed E-state index contributed by atoms with van der Waals surface area (Å²) in [6.45, 7) is 14.1. The second kappa shape index (κ2) is 37.0. The van der Waals surface area contributed by atoms with Crippen LogP contribution >= 0.6 is 0 Å². The van der Waals surface area contributed by atoms with Crippen molar-refractivity contribution in [2.45, 2.75) is 181 Å². The van der Waals surface area contributed by atoms with Gasteiger partial charge in [-0.2, -0.15) is 0 Å². The molecule has 32 heteroatoms. The molecule has 3 aliphatic heterocycles. The normalized spacial score (nSPS) is 20.8. The van der Waals surface area contributed by atoms with Gasteiger partial charge in [0, 0.05) is 69.5 Å². The number of carbonyl (C=O) groups excluding carboxylic acids is 13. The van der Waals surface area contributed by atoms with Gasteiger partial charge in [-0.05, 0) is 178 Å². The maximum absolute atomic E-state index is 15.0. The first kappa shape index (κ1) is 80.5. The molecule has 3 aromatic carbocycles. The average molecular weight is 1470 g/mol. The summed E-state index contributed by atoms with van der Waals surface area (Å²) >= 11 is 0. The number of rotatable bonds is 33. The zero-order valence-electron chi connectivity index (χ0n) is 61.0. The Morgan fingerprint density at radius 1 is 0.533 bits per heavy atom. The highest BCUT2D eigenvalue weighted by Crippen LogP contribution is 2.44. The number of methoxy groups -OCH3 is 3. The summed E-state index contributed by atoms with van der Waals surface area (Å²) in [5.41, 5.74) is 2.60. The van der Waals surface area contributed by atoms with Crippen molar-refractivity contribution in [2.24, 2.45) is 11.8 Å². The highest BCUT2D eigenvalue weighted by Gasteiger charge is 2.54. The summed E-state index contributed by atoms with van der Waals surface area (Å²) in [5, 5.41) is 7.69. The Bertz CT molecular complexity index is 3730. The van der Waals surface area contributed by atoms with Crippen LogP contribution in [-0.2, 0) is 80.9 Å². The molecule has 3 N–H and O–H groups in total. The van der Waals surface area contributed by atoms with E-state index in [4.69, 9.17) is 47.4 Å². The Balaban J connectivity index is 0.872. The molecule has 4 atom stereocenters. The van der Waals surface area contributed by atoms with Crippen LogP contribution in [-0.4, -0.2) is 202 Å². The summed E-state index contributed by atoms with van der Waals surface area (Å²) in [5.74, 6) is -5.76. The second-order valence-electron chi connectivity index (χ2n) is 26.1. The number of anilines is 6. The van der Waals surface area contributed by atoms with Crippen LogP contribution in [0.2, 0.25) is 0 Å². The Labute approximate surface area is 608 Å². The van der Waals surface area contributed by atoms with E-state index < -0.39 is 140 Å². The average Bonchev–Trinajstić information content (AvgIpc) is 1.61. The van der Waals surface area contributed by atoms with Crippen molar-refractivity contribution in [3.63, 3.8) is 0 Å². The quantitative estimate of drug-likeness (QED) is 0.0127. The minimum atomic E-state index is -1.44. The fourth-order valence-corrected chi connectivity index (χ4v) is 14.1. The molecule has 105 heavy (non-hydrogen) atoms. The molecule has 0 bridgehead atoms. The number of ether oxygens (including phenoxy) is 10. The summed E-state index contributed by atoms with van der Waals surface area (Å²) < 4.78 is 52.6. The third-order valence-electron chi connectivity index (χ3n) is 19.3. The lowest BCUT2D eigenvalue weighted by Gasteiger charge is -2.39. The van der Waals surface area contributed by atoms with Gasteiger partial charge in [-0.1, -0.05) is 24.8 Å². The van der Waals surface area contributed by atoms with Gasteiger partial charge in [0.2, 0.25) is 0 Å². The molecule has 0 radical (unpaired) electrons. The molecule has 0 spiro atoms. The van der Waals surface area contributed by atoms with Gasteiger partial charge in [0.15, 0.2) is 0 Å². The fourth-order valence-electron chi connectivity index (χ4n) is 14.1. The molecule has 5 fully saturated rings. The molecule has 2 aliphatic carbocycles. The highest BCUT2D eigenvalue weighted by molar-refractivity contribution is 6.25. The Morgan fingerprint density at radius 3 is 1.50 bits per heavy atom. The van der Waals surface area contributed by atoms with E-state index in [2.05, 4.69) is 22.5 Å². The van der Waals surface area contributed by atoms with Crippen LogP contribution in [0, 0.1) is 32.6 Å². The molecule has 570 valence electrons. The molecular formula is C73H95N9O23. The van der Waals surface area contributed by atoms with Crippen molar-refractivity contribution >= 4 is 112 Å². The lowest BCUT2D eigenvalue weighted by molar-refractivity contribution is -0.355. The maximum atomic E-state index is 15.0. The number of nitrogens with one attached hydrogen (secondary N) is 3. The third kappa shape index (κ3) is 19.8. The summed E-state index contributed by atoms with van der Waals surface area (Å²) in [4.78, 5) is 184. The van der Waals surface area contributed by atoms with Gasteiger partial charge in [-0.15, -0.1) is 0 Å². The first-order valence-corrected chi connectivity index (χ1v) is 35.3. The van der Waals surface area contributed by atoms with Crippen LogP contribution in [0.3, 0.4) is 0 Å². The van der Waals surface area contributed by atoms with Crippen molar-refractivity contribution < 1.29 is 110 Å².